The first-order chi connectivity index (χ1) is 48.3. The molecule has 0 aliphatic carbocycles. The van der Waals surface area contributed by atoms with E-state index in [0.717, 1.165) is 50.5 Å². The number of carbonyl (C=O) groups is 5. The van der Waals surface area contributed by atoms with Crippen LogP contribution in [0.5, 0.6) is 0 Å². The molecule has 0 saturated carbocycles. The van der Waals surface area contributed by atoms with Gasteiger partial charge in [-0.05, 0) is 79.1 Å². The largest absolute Gasteiger partial charge is 0.512 e. The molecule has 103 heavy (non-hydrogen) atoms. The summed E-state index contributed by atoms with van der Waals surface area (Å²) in [6.07, 6.45) is 7.33. The number of para-hydroxylation sites is 1. The Hall–Kier alpha value is -10.8. The molecule has 13 aromatic rings. The Morgan fingerprint density at radius 1 is 0.369 bits per heavy atom. The maximum Gasteiger partial charge on any atom is 0.194 e. The van der Waals surface area contributed by atoms with Crippen LogP contribution in [0, 0.1) is 24.3 Å². The van der Waals surface area contributed by atoms with Gasteiger partial charge in [0.25, 0.3) is 0 Å². The number of rotatable bonds is 13. The van der Waals surface area contributed by atoms with Crippen molar-refractivity contribution in [2.24, 2.45) is 0 Å². The molecule has 0 atom stereocenters. The minimum atomic E-state index is -0.125. The number of allylic oxidation sites excluding steroid dienone is 4. The van der Waals surface area contributed by atoms with Gasteiger partial charge in [-0.15, -0.1) is 137 Å². The number of hydrogen-bond acceptors (Lipinski definition) is 11. The van der Waals surface area contributed by atoms with Crippen LogP contribution in [0.25, 0.3) is 67.1 Å². The van der Waals surface area contributed by atoms with Gasteiger partial charge in [0.1, 0.15) is 0 Å². The molecule has 3 radical (unpaired) electrons. The van der Waals surface area contributed by atoms with Crippen molar-refractivity contribution < 1.29 is 94.5 Å². The molecular formula is C89H74Ir3N4O7-4. The van der Waals surface area contributed by atoms with Gasteiger partial charge in [-0.3, -0.25) is 29.0 Å². The first-order valence-corrected chi connectivity index (χ1v) is 32.1. The molecular weight excluding hydrogens is 1810 g/mol. The number of fused-ring (bicyclic) bond motifs is 1. The topological polar surface area (TPSA) is 177 Å². The van der Waals surface area contributed by atoms with Crippen LogP contribution in [0.3, 0.4) is 0 Å². The average molecular weight is 1890 g/mol. The van der Waals surface area contributed by atoms with Crippen LogP contribution >= 0.6 is 0 Å². The van der Waals surface area contributed by atoms with Crippen LogP contribution in [0.4, 0.5) is 0 Å². The minimum absolute atomic E-state index is 0. The summed E-state index contributed by atoms with van der Waals surface area (Å²) >= 11 is 0. The Labute approximate surface area is 643 Å². The molecule has 4 heterocycles. The monoisotopic (exact) mass is 1890 g/mol. The summed E-state index contributed by atoms with van der Waals surface area (Å²) in [5.74, 6) is -0.141. The third-order valence-corrected chi connectivity index (χ3v) is 14.7. The summed E-state index contributed by atoms with van der Waals surface area (Å²) in [5, 5.41) is 17.9. The Morgan fingerprint density at radius 3 is 1.15 bits per heavy atom. The molecule has 4 aromatic heterocycles. The van der Waals surface area contributed by atoms with Crippen LogP contribution < -0.4 is 0 Å². The van der Waals surface area contributed by atoms with E-state index in [9.17, 15) is 24.0 Å². The van der Waals surface area contributed by atoms with Crippen molar-refractivity contribution in [1.29, 1.82) is 0 Å². The second-order valence-corrected chi connectivity index (χ2v) is 23.7. The molecule has 523 valence electrons. The van der Waals surface area contributed by atoms with E-state index in [1.54, 1.807) is 42.9 Å². The van der Waals surface area contributed by atoms with Crippen molar-refractivity contribution >= 4 is 39.8 Å². The summed E-state index contributed by atoms with van der Waals surface area (Å²) in [7, 11) is 0. The van der Waals surface area contributed by atoms with Gasteiger partial charge in [-0.25, -0.2) is 0 Å². The van der Waals surface area contributed by atoms with Crippen molar-refractivity contribution in [2.45, 2.75) is 53.9 Å². The quantitative estimate of drug-likeness (QED) is 0.0486. The van der Waals surface area contributed by atoms with Gasteiger partial charge >= 0.3 is 0 Å². The van der Waals surface area contributed by atoms with Crippen molar-refractivity contribution in [1.82, 2.24) is 19.9 Å². The van der Waals surface area contributed by atoms with E-state index in [2.05, 4.69) is 115 Å². The van der Waals surface area contributed by atoms with Crippen LogP contribution in [0.2, 0.25) is 0 Å². The van der Waals surface area contributed by atoms with E-state index in [-0.39, 0.29) is 106 Å². The van der Waals surface area contributed by atoms with Crippen LogP contribution in [-0.4, -0.2) is 59.1 Å². The van der Waals surface area contributed by atoms with Gasteiger partial charge in [0.2, 0.25) is 0 Å². The number of ketones is 5. The van der Waals surface area contributed by atoms with E-state index in [0.29, 0.717) is 33.4 Å². The number of aliphatic hydroxyl groups is 2. The molecule has 0 bridgehead atoms. The standard InChI is InChI=1S/C22H20NO.C21H14N.2C18H12NO.2C5H8O2.3Ir/c1-22(2,3)19-12-9-16(10-13-19)20-14-11-18(15-23-20)21(24)17-7-5-4-6-8-17;1-3-9-16(10-4-1)19-15-21(17-11-5-2-6-12-17)22-20-14-8-7-13-18(19)20;20-18(15-9-5-2-6-10-15)16-11-12-17(19-13-16)14-7-3-1-4-8-14;20-18(15-6-2-1-3-7-15)16-11-9-14(10-12-16)17-8-4-5-13-19-17;2*1-4(6)3-5(2)7;;;/h4-9,11-15H,1-3H3;1-11,13-15H;1-7,9-13H;1-9,11-13H;2*3,6H,1-2H3;;;/q4*-1;;;;;. The van der Waals surface area contributed by atoms with Gasteiger partial charge in [-0.2, -0.15) is 0 Å². The van der Waals surface area contributed by atoms with E-state index in [4.69, 9.17) is 15.2 Å². The Morgan fingerprint density at radius 2 is 0.767 bits per heavy atom. The number of pyridine rings is 4. The van der Waals surface area contributed by atoms with E-state index >= 15 is 0 Å². The zero-order valence-corrected chi connectivity index (χ0v) is 64.9. The smallest absolute Gasteiger partial charge is 0.194 e. The fourth-order valence-corrected chi connectivity index (χ4v) is 9.81. The van der Waals surface area contributed by atoms with Crippen LogP contribution in [0.15, 0.2) is 321 Å². The maximum atomic E-state index is 12.4. The molecule has 0 amide bonds. The van der Waals surface area contributed by atoms with Gasteiger partial charge in [0, 0.05) is 124 Å². The minimum Gasteiger partial charge on any atom is -0.512 e. The summed E-state index contributed by atoms with van der Waals surface area (Å²) in [6, 6.07) is 102. The molecule has 0 aliphatic rings. The van der Waals surface area contributed by atoms with Crippen molar-refractivity contribution in [3.8, 4) is 56.2 Å². The fraction of sp³-hybridized carbons (Fsp3) is 0.0899. The van der Waals surface area contributed by atoms with E-state index in [1.807, 2.05) is 200 Å². The maximum absolute atomic E-state index is 12.4. The molecule has 0 aliphatic heterocycles. The Bertz CT molecular complexity index is 4670. The molecule has 0 saturated heterocycles. The van der Waals surface area contributed by atoms with E-state index < -0.39 is 0 Å². The van der Waals surface area contributed by atoms with Crippen LogP contribution in [-0.2, 0) is 75.3 Å². The fourth-order valence-electron chi connectivity index (χ4n) is 9.81. The molecule has 9 aromatic carbocycles. The van der Waals surface area contributed by atoms with Gasteiger partial charge in [0.05, 0.1) is 17.0 Å². The van der Waals surface area contributed by atoms with Crippen molar-refractivity contribution in [3.05, 3.63) is 385 Å². The SMILES string of the molecule is CC(=O)C=C(C)O.CC(=O)C=C(C)O.CC(C)(C)c1c[c-]c(-c2ccc(C(=O)c3ccccc3)cn2)cc1.O=C(c1c[c-]c(-c2ccccn2)cc1)c1ccccc1.O=C(c1ccccc1)c1ccc(-c2[c-]cccc2)nc1.[Ir].[Ir].[Ir].[c-]1ccccc1-c1cc(-c2ccccc2)c2ccccc2n1. The molecule has 11 nitrogen and oxygen atoms in total. The Kier molecular flexibility index (Phi) is 34.2. The first-order valence-electron chi connectivity index (χ1n) is 32.1. The molecule has 0 fully saturated rings. The number of aromatic nitrogens is 4. The predicted molar refractivity (Wildman–Crippen MR) is 399 cm³/mol. The predicted octanol–water partition coefficient (Wildman–Crippen LogP) is 20.1. The molecule has 0 unspecified atom stereocenters. The molecule has 2 N–H and O–H groups in total. The van der Waals surface area contributed by atoms with Crippen molar-refractivity contribution in [3.63, 3.8) is 0 Å². The number of aliphatic hydroxyl groups excluding tert-OH is 2. The number of hydrogen-bond donors (Lipinski definition) is 2. The molecule has 13 rings (SSSR count). The molecule has 14 heteroatoms. The first kappa shape index (κ1) is 82.9. The third-order valence-electron chi connectivity index (χ3n) is 14.7. The number of carbonyl (C=O) groups excluding carboxylic acids is 5. The summed E-state index contributed by atoms with van der Waals surface area (Å²) in [4.78, 5) is 74.8. The van der Waals surface area contributed by atoms with E-state index in [1.165, 1.54) is 61.9 Å². The van der Waals surface area contributed by atoms with Crippen LogP contribution in [0.1, 0.15) is 102 Å². The van der Waals surface area contributed by atoms with Gasteiger partial charge in [0.15, 0.2) is 28.9 Å². The van der Waals surface area contributed by atoms with Gasteiger partial charge in [-0.1, -0.05) is 208 Å². The number of nitrogens with zero attached hydrogens (tertiary/aromatic N) is 4. The third kappa shape index (κ3) is 26.3. The summed E-state index contributed by atoms with van der Waals surface area (Å²) in [5.41, 5.74) is 15.8. The second kappa shape index (κ2) is 42.5. The van der Waals surface area contributed by atoms with Crippen molar-refractivity contribution in [2.75, 3.05) is 0 Å². The molecule has 0 spiro atoms. The normalized spacial score (nSPS) is 10.4. The second-order valence-electron chi connectivity index (χ2n) is 23.7. The summed E-state index contributed by atoms with van der Waals surface area (Å²) in [6.45, 7) is 12.2. The summed E-state index contributed by atoms with van der Waals surface area (Å²) < 4.78 is 0. The number of benzene rings is 9. The van der Waals surface area contributed by atoms with Gasteiger partial charge < -0.3 is 25.2 Å². The average Bonchev–Trinajstić information content (AvgIpc) is 0.788. The zero-order valence-electron chi connectivity index (χ0n) is 57.7. The zero-order chi connectivity index (χ0) is 71.2. The Balaban J connectivity index is 0.000000231.